The summed E-state index contributed by atoms with van der Waals surface area (Å²) in [6.07, 6.45) is 3.15. The van der Waals surface area contributed by atoms with Crippen molar-refractivity contribution in [3.05, 3.63) is 48.0 Å². The van der Waals surface area contributed by atoms with Crippen LogP contribution in [0.4, 0.5) is 11.5 Å². The Bertz CT molecular complexity index is 1410. The van der Waals surface area contributed by atoms with Gasteiger partial charge in [-0.3, -0.25) is 9.48 Å². The number of nitrogens with zero attached hydrogens (tertiary/aromatic N) is 5. The van der Waals surface area contributed by atoms with Crippen LogP contribution in [-0.2, 0) is 11.8 Å². The van der Waals surface area contributed by atoms with Crippen LogP contribution in [0, 0.1) is 17.2 Å². The normalized spacial score (nSPS) is 13.8. The molecule has 3 N–H and O–H groups in total. The van der Waals surface area contributed by atoms with Crippen molar-refractivity contribution in [2.45, 2.75) is 19.9 Å². The lowest BCUT2D eigenvalue weighted by atomic mass is 9.95. The molecule has 0 aliphatic carbocycles. The Labute approximate surface area is 189 Å². The van der Waals surface area contributed by atoms with Crippen molar-refractivity contribution >= 4 is 28.4 Å². The zero-order valence-corrected chi connectivity index (χ0v) is 18.4. The Morgan fingerprint density at radius 2 is 2.12 bits per heavy atom. The van der Waals surface area contributed by atoms with E-state index in [9.17, 15) is 10.1 Å². The number of nitriles is 1. The number of nitrogens with one attached hydrogen (secondary N) is 3. The smallest absolute Gasteiger partial charge is 0.262 e. The third-order valence-electron chi connectivity index (χ3n) is 5.71. The lowest BCUT2D eigenvalue weighted by Gasteiger charge is -2.26. The van der Waals surface area contributed by atoms with Gasteiger partial charge in [0.15, 0.2) is 6.61 Å². The quantitative estimate of drug-likeness (QED) is 0.431. The van der Waals surface area contributed by atoms with Crippen molar-refractivity contribution < 1.29 is 9.53 Å². The minimum absolute atomic E-state index is 0.0252. The number of benzene rings is 1. The Morgan fingerprint density at radius 1 is 1.27 bits per heavy atom. The van der Waals surface area contributed by atoms with Crippen LogP contribution in [0.2, 0.25) is 0 Å². The molecular weight excluding hydrogens is 420 g/mol. The number of hydrogen-bond donors (Lipinski definition) is 3. The van der Waals surface area contributed by atoms with Gasteiger partial charge in [-0.05, 0) is 29.7 Å². The van der Waals surface area contributed by atoms with Crippen LogP contribution in [0.15, 0.2) is 36.8 Å². The van der Waals surface area contributed by atoms with Gasteiger partial charge in [0.05, 0.1) is 34.6 Å². The third-order valence-corrected chi connectivity index (χ3v) is 5.71. The van der Waals surface area contributed by atoms with E-state index in [1.54, 1.807) is 17.9 Å². The van der Waals surface area contributed by atoms with Crippen LogP contribution < -0.4 is 15.4 Å². The topological polar surface area (TPSA) is 134 Å². The number of fused-ring (bicyclic) bond motifs is 2. The molecule has 0 bridgehead atoms. The van der Waals surface area contributed by atoms with Crippen molar-refractivity contribution in [2.75, 3.05) is 17.2 Å². The zero-order chi connectivity index (χ0) is 23.1. The molecule has 5 rings (SSSR count). The van der Waals surface area contributed by atoms with E-state index in [0.717, 1.165) is 16.6 Å². The fraction of sp³-hybridized carbons (Fsp3) is 0.261. The highest BCUT2D eigenvalue weighted by atomic mass is 16.5. The molecule has 4 heterocycles. The number of carbonyl (C=O) groups excluding carboxylic acids is 1. The van der Waals surface area contributed by atoms with Gasteiger partial charge >= 0.3 is 0 Å². The van der Waals surface area contributed by atoms with Gasteiger partial charge in [0.1, 0.15) is 35.3 Å². The molecule has 10 heteroatoms. The second kappa shape index (κ2) is 7.94. The highest BCUT2D eigenvalue weighted by Crippen LogP contribution is 2.36. The van der Waals surface area contributed by atoms with Crippen LogP contribution in [0.5, 0.6) is 5.75 Å². The fourth-order valence-electron chi connectivity index (χ4n) is 4.04. The Kier molecular flexibility index (Phi) is 4.94. The number of hydrogen-bond acceptors (Lipinski definition) is 7. The van der Waals surface area contributed by atoms with E-state index in [1.807, 2.05) is 24.3 Å². The minimum atomic E-state index is -0.168. The molecule has 33 heavy (non-hydrogen) atoms. The van der Waals surface area contributed by atoms with Gasteiger partial charge < -0.3 is 20.4 Å². The molecule has 1 atom stereocenters. The van der Waals surface area contributed by atoms with Crippen LogP contribution in [0.25, 0.3) is 22.3 Å². The highest BCUT2D eigenvalue weighted by molar-refractivity contribution is 5.95. The first-order valence-electron chi connectivity index (χ1n) is 10.5. The summed E-state index contributed by atoms with van der Waals surface area (Å²) in [6, 6.07) is 9.82. The van der Waals surface area contributed by atoms with E-state index in [4.69, 9.17) is 4.74 Å². The molecule has 1 aromatic carbocycles. The van der Waals surface area contributed by atoms with E-state index < -0.39 is 0 Å². The molecule has 3 aromatic heterocycles. The third kappa shape index (κ3) is 3.63. The van der Waals surface area contributed by atoms with Gasteiger partial charge in [-0.25, -0.2) is 9.97 Å². The van der Waals surface area contributed by atoms with Gasteiger partial charge in [0, 0.05) is 7.05 Å². The average Bonchev–Trinajstić information content (AvgIpc) is 3.40. The minimum Gasteiger partial charge on any atom is -0.482 e. The number of H-pyrrole nitrogens is 1. The summed E-state index contributed by atoms with van der Waals surface area (Å²) in [7, 11) is 1.73. The maximum atomic E-state index is 11.7. The number of aromatic amines is 1. The van der Waals surface area contributed by atoms with Gasteiger partial charge in [-0.15, -0.1) is 0 Å². The standard InChI is InChI=1S/C23H22N8O2/c1-12(2)21(13-4-5-19-17(6-13)28-20(32)10-33-19)30-23-14-7-16(29-22(14)25-11-26-23)15-9-27-31(3)18(15)8-24/h4-7,9,11-12,21H,10H2,1-3H3,(H,28,32)(H2,25,26,29,30)/t21-/m0/s1. The number of aromatic nitrogens is 5. The lowest BCUT2D eigenvalue weighted by molar-refractivity contribution is -0.118. The highest BCUT2D eigenvalue weighted by Gasteiger charge is 2.23. The van der Waals surface area contributed by atoms with E-state index in [-0.39, 0.29) is 24.5 Å². The molecule has 1 aliphatic rings. The first kappa shape index (κ1) is 20.5. The van der Waals surface area contributed by atoms with Crippen molar-refractivity contribution in [1.29, 1.82) is 5.26 Å². The van der Waals surface area contributed by atoms with Crippen molar-refractivity contribution in [1.82, 2.24) is 24.7 Å². The molecule has 0 unspecified atom stereocenters. The van der Waals surface area contributed by atoms with Gasteiger partial charge in [0.2, 0.25) is 0 Å². The molecule has 4 aromatic rings. The van der Waals surface area contributed by atoms with Crippen molar-refractivity contribution in [2.24, 2.45) is 13.0 Å². The summed E-state index contributed by atoms with van der Waals surface area (Å²) >= 11 is 0. The Hall–Kier alpha value is -4.39. The van der Waals surface area contributed by atoms with Crippen molar-refractivity contribution in [3.63, 3.8) is 0 Å². The molecule has 0 saturated heterocycles. The second-order valence-corrected chi connectivity index (χ2v) is 8.27. The number of ether oxygens (including phenoxy) is 1. The second-order valence-electron chi connectivity index (χ2n) is 8.27. The molecule has 1 amide bonds. The monoisotopic (exact) mass is 442 g/mol. The van der Waals surface area contributed by atoms with Gasteiger partial charge in [0.25, 0.3) is 5.91 Å². The molecule has 0 saturated carbocycles. The molecule has 166 valence electrons. The number of anilines is 2. The SMILES string of the molecule is CC(C)[C@H](Nc1ncnc2[nH]c(-c3cnn(C)c3C#N)cc12)c1ccc2c(c1)NC(=O)CO2. The van der Waals surface area contributed by atoms with E-state index >= 15 is 0 Å². The Morgan fingerprint density at radius 3 is 2.91 bits per heavy atom. The van der Waals surface area contributed by atoms with Crippen LogP contribution >= 0.6 is 0 Å². The van der Waals surface area contributed by atoms with Crippen LogP contribution in [0.3, 0.4) is 0 Å². The number of aryl methyl sites for hydroxylation is 1. The van der Waals surface area contributed by atoms with Crippen molar-refractivity contribution in [3.8, 4) is 23.1 Å². The average molecular weight is 442 g/mol. The van der Waals surface area contributed by atoms with Gasteiger partial charge in [-0.1, -0.05) is 19.9 Å². The molecule has 0 spiro atoms. The fourth-order valence-corrected chi connectivity index (χ4v) is 4.04. The molecule has 1 aliphatic heterocycles. The van der Waals surface area contributed by atoms with Crippen LogP contribution in [-0.4, -0.2) is 37.2 Å². The number of carbonyl (C=O) groups is 1. The summed E-state index contributed by atoms with van der Waals surface area (Å²) in [4.78, 5) is 23.9. The first-order chi connectivity index (χ1) is 15.9. The molecule has 0 radical (unpaired) electrons. The summed E-state index contributed by atoms with van der Waals surface area (Å²) in [5.74, 6) is 1.38. The summed E-state index contributed by atoms with van der Waals surface area (Å²) in [6.45, 7) is 4.25. The maximum Gasteiger partial charge on any atom is 0.262 e. The Balaban J connectivity index is 1.52. The maximum absolute atomic E-state index is 11.7. The molecular formula is C23H22N8O2. The predicted octanol–water partition coefficient (Wildman–Crippen LogP) is 3.37. The summed E-state index contributed by atoms with van der Waals surface area (Å²) < 4.78 is 7.03. The van der Waals surface area contributed by atoms with Crippen LogP contribution in [0.1, 0.15) is 31.1 Å². The number of amides is 1. The summed E-state index contributed by atoms with van der Waals surface area (Å²) in [5.41, 5.74) is 4.22. The summed E-state index contributed by atoms with van der Waals surface area (Å²) in [5, 5.41) is 20.9. The lowest BCUT2D eigenvalue weighted by Crippen LogP contribution is -2.26. The largest absolute Gasteiger partial charge is 0.482 e. The van der Waals surface area contributed by atoms with Gasteiger partial charge in [-0.2, -0.15) is 10.4 Å². The zero-order valence-electron chi connectivity index (χ0n) is 18.4. The van der Waals surface area contributed by atoms with E-state index in [1.165, 1.54) is 6.33 Å². The predicted molar refractivity (Wildman–Crippen MR) is 123 cm³/mol. The van der Waals surface area contributed by atoms with E-state index in [0.29, 0.717) is 34.2 Å². The number of rotatable bonds is 5. The first-order valence-corrected chi connectivity index (χ1v) is 10.5. The van der Waals surface area contributed by atoms with E-state index in [2.05, 4.69) is 50.6 Å². The molecule has 0 fully saturated rings. The molecule has 10 nitrogen and oxygen atoms in total.